The van der Waals surface area contributed by atoms with Crippen LogP contribution in [0.25, 0.3) is 22.3 Å². The Balaban J connectivity index is 2.13. The Morgan fingerprint density at radius 3 is 1.04 bits per heavy atom. The van der Waals surface area contributed by atoms with Crippen LogP contribution in [-0.4, -0.2) is 0 Å². The molecule has 3 aromatic rings. The zero-order valence-electron chi connectivity index (χ0n) is 17.4. The van der Waals surface area contributed by atoms with Crippen molar-refractivity contribution < 1.29 is 0 Å². The molecular weight excluding hydrogens is 316 g/mol. The summed E-state index contributed by atoms with van der Waals surface area (Å²) < 4.78 is 0. The molecule has 0 aliphatic heterocycles. The van der Waals surface area contributed by atoms with Gasteiger partial charge in [0.1, 0.15) is 0 Å². The topological polar surface area (TPSA) is 17.1 Å². The molecule has 1 nitrogen and oxygen atoms in total. The van der Waals surface area contributed by atoms with Gasteiger partial charge in [-0.15, -0.1) is 0 Å². The molecule has 0 fully saturated rings. The maximum Gasteiger partial charge on any atom is 0.195 e. The lowest BCUT2D eigenvalue weighted by Crippen LogP contribution is -1.94. The van der Waals surface area contributed by atoms with E-state index in [-0.39, 0.29) is 5.43 Å². The summed E-state index contributed by atoms with van der Waals surface area (Å²) in [6, 6.07) is 8.96. The summed E-state index contributed by atoms with van der Waals surface area (Å²) in [4.78, 5) is 12.8. The summed E-state index contributed by atoms with van der Waals surface area (Å²) >= 11 is 0. The van der Waals surface area contributed by atoms with Crippen molar-refractivity contribution in [3.63, 3.8) is 0 Å². The zero-order valence-corrected chi connectivity index (χ0v) is 17.4. The van der Waals surface area contributed by atoms with Gasteiger partial charge in [0.25, 0.3) is 0 Å². The van der Waals surface area contributed by atoms with E-state index in [1.54, 1.807) is 0 Å². The summed E-state index contributed by atoms with van der Waals surface area (Å²) in [7, 11) is 0. The average Bonchev–Trinajstić information content (AvgIpc) is 3.16. The van der Waals surface area contributed by atoms with Crippen LogP contribution in [0.5, 0.6) is 0 Å². The number of aryl methyl sites for hydroxylation is 4. The van der Waals surface area contributed by atoms with Crippen molar-refractivity contribution in [2.45, 2.75) is 67.2 Å². The summed E-state index contributed by atoms with van der Waals surface area (Å²) in [5.41, 5.74) is 11.9. The Labute approximate surface area is 157 Å². The van der Waals surface area contributed by atoms with E-state index in [1.807, 2.05) is 0 Å². The molecular formula is C25H30O. The van der Waals surface area contributed by atoms with Gasteiger partial charge in [0.05, 0.1) is 0 Å². The lowest BCUT2D eigenvalue weighted by atomic mass is 9.90. The highest BCUT2D eigenvalue weighted by Crippen LogP contribution is 2.42. The van der Waals surface area contributed by atoms with Crippen molar-refractivity contribution in [1.82, 2.24) is 0 Å². The van der Waals surface area contributed by atoms with Crippen LogP contribution in [0.4, 0.5) is 0 Å². The van der Waals surface area contributed by atoms with Crippen LogP contribution in [0.3, 0.4) is 0 Å². The van der Waals surface area contributed by atoms with Crippen LogP contribution in [0.2, 0.25) is 0 Å². The van der Waals surface area contributed by atoms with Gasteiger partial charge in [-0.1, -0.05) is 52.0 Å². The van der Waals surface area contributed by atoms with Gasteiger partial charge < -0.3 is 0 Å². The van der Waals surface area contributed by atoms with Gasteiger partial charge >= 0.3 is 0 Å². The van der Waals surface area contributed by atoms with Crippen LogP contribution < -0.4 is 5.43 Å². The van der Waals surface area contributed by atoms with Crippen LogP contribution >= 0.6 is 0 Å². The summed E-state index contributed by atoms with van der Waals surface area (Å²) in [6.07, 6.45) is 0. The molecule has 3 aromatic carbocycles. The highest BCUT2D eigenvalue weighted by molar-refractivity contribution is 5.98. The van der Waals surface area contributed by atoms with Crippen molar-refractivity contribution in [3.05, 3.63) is 67.9 Å². The predicted molar refractivity (Wildman–Crippen MR) is 113 cm³/mol. The van der Waals surface area contributed by atoms with Crippen molar-refractivity contribution in [3.8, 4) is 22.3 Å². The Morgan fingerprint density at radius 2 is 0.808 bits per heavy atom. The molecule has 0 atom stereocenters. The monoisotopic (exact) mass is 346 g/mol. The maximum absolute atomic E-state index is 12.8. The largest absolute Gasteiger partial charge is 0.289 e. The van der Waals surface area contributed by atoms with Gasteiger partial charge in [-0.25, -0.2) is 0 Å². The molecule has 0 aliphatic rings. The summed E-state index contributed by atoms with van der Waals surface area (Å²) in [5.74, 6) is 0.996. The fourth-order valence-corrected chi connectivity index (χ4v) is 4.10. The molecule has 0 spiro atoms. The van der Waals surface area contributed by atoms with Crippen molar-refractivity contribution in [1.29, 1.82) is 0 Å². The van der Waals surface area contributed by atoms with Gasteiger partial charge in [-0.2, -0.15) is 0 Å². The number of rotatable bonds is 4. The SMILES string of the molecule is Cc1cc(C(C)C)cc(C)c1-c1c(-c2c(C)cc(C(C)C)cc2C)c1=O. The molecule has 0 saturated heterocycles. The third-order valence-corrected chi connectivity index (χ3v) is 5.58. The van der Waals surface area contributed by atoms with Crippen LogP contribution in [0, 0.1) is 27.7 Å². The van der Waals surface area contributed by atoms with Gasteiger partial charge in [0, 0.05) is 11.1 Å². The first-order chi connectivity index (χ1) is 12.1. The molecule has 136 valence electrons. The first-order valence-corrected chi connectivity index (χ1v) is 9.65. The first-order valence-electron chi connectivity index (χ1n) is 9.65. The second-order valence-electron chi connectivity index (χ2n) is 8.45. The van der Waals surface area contributed by atoms with E-state index in [9.17, 15) is 4.79 Å². The lowest BCUT2D eigenvalue weighted by Gasteiger charge is -2.14. The second kappa shape index (κ2) is 6.54. The molecule has 26 heavy (non-hydrogen) atoms. The molecule has 0 N–H and O–H groups in total. The Hall–Kier alpha value is -2.15. The summed E-state index contributed by atoms with van der Waals surface area (Å²) in [5, 5.41) is 0. The van der Waals surface area contributed by atoms with E-state index in [0.29, 0.717) is 11.8 Å². The minimum absolute atomic E-state index is 0.219. The third-order valence-electron chi connectivity index (χ3n) is 5.58. The van der Waals surface area contributed by atoms with Crippen LogP contribution in [-0.2, 0) is 0 Å². The van der Waals surface area contributed by atoms with Crippen LogP contribution in [0.15, 0.2) is 29.1 Å². The molecule has 0 amide bonds. The smallest absolute Gasteiger partial charge is 0.195 e. The molecule has 0 heterocycles. The van der Waals surface area contributed by atoms with Gasteiger partial charge in [0.15, 0.2) is 5.43 Å². The lowest BCUT2D eigenvalue weighted by molar-refractivity contribution is 0.863. The minimum atomic E-state index is 0.219. The van der Waals surface area contributed by atoms with Crippen molar-refractivity contribution in [2.75, 3.05) is 0 Å². The van der Waals surface area contributed by atoms with E-state index in [1.165, 1.54) is 33.4 Å². The quantitative estimate of drug-likeness (QED) is 0.511. The average molecular weight is 347 g/mol. The predicted octanol–water partition coefficient (Wildman–Crippen LogP) is 6.74. The zero-order chi connectivity index (χ0) is 19.3. The van der Waals surface area contributed by atoms with Crippen molar-refractivity contribution >= 4 is 0 Å². The van der Waals surface area contributed by atoms with E-state index in [2.05, 4.69) is 79.7 Å². The second-order valence-corrected chi connectivity index (χ2v) is 8.45. The van der Waals surface area contributed by atoms with Gasteiger partial charge in [-0.05, 0) is 84.0 Å². The molecule has 0 bridgehead atoms. The third kappa shape index (κ3) is 3.05. The normalized spacial score (nSPS) is 11.9. The van der Waals surface area contributed by atoms with Crippen molar-refractivity contribution in [2.24, 2.45) is 0 Å². The minimum Gasteiger partial charge on any atom is -0.289 e. The van der Waals surface area contributed by atoms with E-state index < -0.39 is 0 Å². The number of hydrogen-bond acceptors (Lipinski definition) is 1. The first kappa shape index (κ1) is 18.6. The number of benzene rings is 2. The molecule has 1 heteroatoms. The molecule has 0 aliphatic carbocycles. The Bertz CT molecular complexity index is 867. The Morgan fingerprint density at radius 1 is 0.538 bits per heavy atom. The van der Waals surface area contributed by atoms with Gasteiger partial charge in [-0.3, -0.25) is 4.79 Å². The van der Waals surface area contributed by atoms with Crippen LogP contribution in [0.1, 0.15) is 72.9 Å². The molecule has 0 radical (unpaired) electrons. The maximum atomic E-state index is 12.8. The number of hydrogen-bond donors (Lipinski definition) is 0. The summed E-state index contributed by atoms with van der Waals surface area (Å²) in [6.45, 7) is 17.4. The molecule has 3 rings (SSSR count). The fraction of sp³-hybridized carbons (Fsp3) is 0.400. The fourth-order valence-electron chi connectivity index (χ4n) is 4.10. The highest BCUT2D eigenvalue weighted by atomic mass is 16.1. The van der Waals surface area contributed by atoms with E-state index >= 15 is 0 Å². The molecule has 0 saturated carbocycles. The van der Waals surface area contributed by atoms with Gasteiger partial charge in [0.2, 0.25) is 0 Å². The van der Waals surface area contributed by atoms with E-state index in [4.69, 9.17) is 0 Å². The molecule has 0 unspecified atom stereocenters. The van der Waals surface area contributed by atoms with E-state index in [0.717, 1.165) is 22.3 Å². The molecule has 0 aromatic heterocycles. The highest BCUT2D eigenvalue weighted by Gasteiger charge is 2.30. The Kier molecular flexibility index (Phi) is 4.69. The standard InChI is InChI=1S/C25H30O/c1-13(2)19-9-15(5)21(16(6)10-19)23-24(25(23)26)22-17(7)11-20(14(3)4)12-18(22)8/h9-14H,1-8H3.